The van der Waals surface area contributed by atoms with Gasteiger partial charge in [0.05, 0.1) is 0 Å². The molecule has 0 fully saturated rings. The summed E-state index contributed by atoms with van der Waals surface area (Å²) in [5.41, 5.74) is 1.65. The molecule has 0 saturated heterocycles. The van der Waals surface area contributed by atoms with Gasteiger partial charge in [0, 0.05) is 36.4 Å². The van der Waals surface area contributed by atoms with Crippen molar-refractivity contribution in [2.45, 2.75) is 13.0 Å². The number of guanidine groups is 1. The molecule has 1 aromatic carbocycles. The zero-order chi connectivity index (χ0) is 16.7. The number of hydrogen-bond acceptors (Lipinski definition) is 2. The summed E-state index contributed by atoms with van der Waals surface area (Å²) in [4.78, 5) is 8.16. The van der Waals surface area contributed by atoms with E-state index >= 15 is 0 Å². The number of hydrogen-bond donors (Lipinski definition) is 2. The van der Waals surface area contributed by atoms with E-state index in [0.29, 0.717) is 29.8 Å². The molecule has 0 unspecified atom stereocenters. The molecule has 1 aromatic heterocycles. The predicted molar refractivity (Wildman–Crippen MR) is 111 cm³/mol. The molecule has 0 amide bonds. The Labute approximate surface area is 171 Å². The first-order valence-corrected chi connectivity index (χ1v) is 8.24. The molecule has 1 heterocycles. The zero-order valence-corrected chi connectivity index (χ0v) is 17.7. The maximum atomic E-state index is 13.7. The fourth-order valence-corrected chi connectivity index (χ4v) is 2.48. The molecule has 0 radical (unpaired) electrons. The normalized spacial score (nSPS) is 10.9. The first-order valence-electron chi connectivity index (χ1n) is 7.07. The van der Waals surface area contributed by atoms with Crippen molar-refractivity contribution in [3.63, 3.8) is 0 Å². The summed E-state index contributed by atoms with van der Waals surface area (Å²) in [6, 6.07) is 8.55. The Morgan fingerprint density at radius 2 is 2.08 bits per heavy atom. The summed E-state index contributed by atoms with van der Waals surface area (Å²) in [5, 5.41) is 6.75. The molecule has 2 N–H and O–H groups in total. The van der Waals surface area contributed by atoms with Gasteiger partial charge in [-0.2, -0.15) is 0 Å². The average Bonchev–Trinajstić information content (AvgIpc) is 2.55. The first kappa shape index (κ1) is 21.1. The number of nitrogens with zero attached hydrogens (tertiary/aromatic N) is 2. The molecule has 0 bridgehead atoms. The van der Waals surface area contributed by atoms with Crippen molar-refractivity contribution in [2.24, 2.45) is 4.99 Å². The van der Waals surface area contributed by atoms with Gasteiger partial charge in [-0.15, -0.1) is 24.0 Å². The highest BCUT2D eigenvalue weighted by molar-refractivity contribution is 14.0. The Morgan fingerprint density at radius 3 is 2.75 bits per heavy atom. The van der Waals surface area contributed by atoms with Crippen LogP contribution in [0.4, 0.5) is 4.39 Å². The molecule has 0 aliphatic rings. The van der Waals surface area contributed by atoms with Crippen LogP contribution in [0.2, 0.25) is 5.15 Å². The van der Waals surface area contributed by atoms with Crippen LogP contribution in [0.3, 0.4) is 0 Å². The molecule has 0 atom stereocenters. The van der Waals surface area contributed by atoms with Crippen LogP contribution < -0.4 is 10.6 Å². The molecular weight excluding hydrogens is 509 g/mol. The smallest absolute Gasteiger partial charge is 0.191 e. The van der Waals surface area contributed by atoms with E-state index in [2.05, 4.69) is 36.5 Å². The summed E-state index contributed by atoms with van der Waals surface area (Å²) >= 11 is 9.09. The van der Waals surface area contributed by atoms with E-state index < -0.39 is 0 Å². The summed E-state index contributed by atoms with van der Waals surface area (Å²) in [6.07, 6.45) is 2.53. The number of aromatic nitrogens is 1. The third-order valence-electron chi connectivity index (χ3n) is 3.17. The predicted octanol–water partition coefficient (Wildman–Crippen LogP) is 4.16. The van der Waals surface area contributed by atoms with Gasteiger partial charge in [0.25, 0.3) is 0 Å². The quantitative estimate of drug-likeness (QED) is 0.266. The number of halogens is 4. The molecule has 2 rings (SSSR count). The third-order valence-corrected chi connectivity index (χ3v) is 3.89. The SMILES string of the molecule is CN=C(NCCc1ccc(Cl)nc1)NCc1cc(Br)ccc1F.I. The van der Waals surface area contributed by atoms with Crippen molar-refractivity contribution in [1.82, 2.24) is 15.6 Å². The zero-order valence-electron chi connectivity index (χ0n) is 13.0. The van der Waals surface area contributed by atoms with Crippen LogP contribution in [0.25, 0.3) is 0 Å². The minimum atomic E-state index is -0.247. The van der Waals surface area contributed by atoms with Gasteiger partial charge in [-0.3, -0.25) is 4.99 Å². The van der Waals surface area contributed by atoms with Crippen molar-refractivity contribution in [2.75, 3.05) is 13.6 Å². The summed E-state index contributed by atoms with van der Waals surface area (Å²) in [7, 11) is 1.68. The maximum absolute atomic E-state index is 13.7. The lowest BCUT2D eigenvalue weighted by Crippen LogP contribution is -2.38. The summed E-state index contributed by atoms with van der Waals surface area (Å²) < 4.78 is 14.5. The number of rotatable bonds is 5. The highest BCUT2D eigenvalue weighted by Gasteiger charge is 2.04. The standard InChI is InChI=1S/C16H17BrClFN4.HI/c1-20-16(21-7-6-11-2-5-15(18)22-9-11)23-10-12-8-13(17)3-4-14(12)19;/h2-5,8-9H,6-7,10H2,1H3,(H2,20,21,23);1H. The monoisotopic (exact) mass is 526 g/mol. The Hall–Kier alpha value is -0.930. The lowest BCUT2D eigenvalue weighted by Gasteiger charge is -2.12. The van der Waals surface area contributed by atoms with E-state index in [0.717, 1.165) is 16.5 Å². The van der Waals surface area contributed by atoms with Gasteiger partial charge in [0.1, 0.15) is 11.0 Å². The minimum absolute atomic E-state index is 0. The van der Waals surface area contributed by atoms with Crippen LogP contribution in [-0.4, -0.2) is 24.5 Å². The van der Waals surface area contributed by atoms with Gasteiger partial charge >= 0.3 is 0 Å². The van der Waals surface area contributed by atoms with Crippen LogP contribution in [0.1, 0.15) is 11.1 Å². The molecule has 0 aliphatic carbocycles. The van der Waals surface area contributed by atoms with E-state index in [1.807, 2.05) is 6.07 Å². The van der Waals surface area contributed by atoms with E-state index in [4.69, 9.17) is 11.6 Å². The molecule has 8 heteroatoms. The maximum Gasteiger partial charge on any atom is 0.191 e. The van der Waals surface area contributed by atoms with E-state index in [9.17, 15) is 4.39 Å². The second kappa shape index (κ2) is 10.8. The van der Waals surface area contributed by atoms with E-state index in [1.165, 1.54) is 6.07 Å². The first-order chi connectivity index (χ1) is 11.1. The lowest BCUT2D eigenvalue weighted by atomic mass is 10.2. The second-order valence-corrected chi connectivity index (χ2v) is 6.13. The van der Waals surface area contributed by atoms with Crippen LogP contribution in [-0.2, 0) is 13.0 Å². The Kier molecular flexibility index (Phi) is 9.53. The van der Waals surface area contributed by atoms with Crippen molar-refractivity contribution in [3.8, 4) is 0 Å². The average molecular weight is 528 g/mol. The molecule has 130 valence electrons. The van der Waals surface area contributed by atoms with Crippen LogP contribution in [0.5, 0.6) is 0 Å². The molecule has 0 saturated carbocycles. The number of benzene rings is 1. The van der Waals surface area contributed by atoms with Gasteiger partial charge in [-0.1, -0.05) is 33.6 Å². The van der Waals surface area contributed by atoms with Crippen molar-refractivity contribution < 1.29 is 4.39 Å². The third kappa shape index (κ3) is 6.90. The van der Waals surface area contributed by atoms with E-state index in [-0.39, 0.29) is 29.8 Å². The van der Waals surface area contributed by atoms with Gasteiger partial charge in [-0.25, -0.2) is 9.37 Å². The lowest BCUT2D eigenvalue weighted by molar-refractivity contribution is 0.604. The fraction of sp³-hybridized carbons (Fsp3) is 0.250. The van der Waals surface area contributed by atoms with Crippen molar-refractivity contribution >= 4 is 57.5 Å². The molecule has 0 aliphatic heterocycles. The number of pyridine rings is 1. The van der Waals surface area contributed by atoms with Gasteiger partial charge < -0.3 is 10.6 Å². The Balaban J connectivity index is 0.00000288. The Morgan fingerprint density at radius 1 is 1.29 bits per heavy atom. The highest BCUT2D eigenvalue weighted by Crippen LogP contribution is 2.15. The summed E-state index contributed by atoms with van der Waals surface area (Å²) in [6.45, 7) is 1.04. The van der Waals surface area contributed by atoms with Crippen LogP contribution in [0, 0.1) is 5.82 Å². The Bertz CT molecular complexity index is 682. The van der Waals surface area contributed by atoms with Crippen LogP contribution in [0.15, 0.2) is 46.0 Å². The van der Waals surface area contributed by atoms with Crippen molar-refractivity contribution in [3.05, 3.63) is 63.1 Å². The van der Waals surface area contributed by atoms with Gasteiger partial charge in [-0.05, 0) is 36.2 Å². The second-order valence-electron chi connectivity index (χ2n) is 4.83. The van der Waals surface area contributed by atoms with Gasteiger partial charge in [0.15, 0.2) is 5.96 Å². The number of nitrogens with one attached hydrogen (secondary N) is 2. The topological polar surface area (TPSA) is 49.3 Å². The summed E-state index contributed by atoms with van der Waals surface area (Å²) in [5.74, 6) is 0.370. The number of aliphatic imine (C=N–C) groups is 1. The van der Waals surface area contributed by atoms with Crippen molar-refractivity contribution in [1.29, 1.82) is 0 Å². The van der Waals surface area contributed by atoms with E-state index in [1.54, 1.807) is 31.4 Å². The molecule has 24 heavy (non-hydrogen) atoms. The molecule has 2 aromatic rings. The largest absolute Gasteiger partial charge is 0.356 e. The highest BCUT2D eigenvalue weighted by atomic mass is 127. The molecule has 4 nitrogen and oxygen atoms in total. The van der Waals surface area contributed by atoms with Crippen LogP contribution >= 0.6 is 51.5 Å². The molecular formula is C16H18BrClFIN4. The minimum Gasteiger partial charge on any atom is -0.356 e. The van der Waals surface area contributed by atoms with Gasteiger partial charge in [0.2, 0.25) is 0 Å². The molecule has 0 spiro atoms. The fourth-order valence-electron chi connectivity index (χ4n) is 1.96.